The van der Waals surface area contributed by atoms with Crippen LogP contribution in [0.15, 0.2) is 83.9 Å². The maximum absolute atomic E-state index is 13.5. The zero-order chi connectivity index (χ0) is 21.3. The number of Topliss-reactive ketones (excluding diaryl/α,β-unsaturated/α-hetero) is 1. The van der Waals surface area contributed by atoms with Gasteiger partial charge in [0, 0.05) is 17.5 Å². The number of benzene rings is 3. The molecule has 5 nitrogen and oxygen atoms in total. The summed E-state index contributed by atoms with van der Waals surface area (Å²) in [6, 6.07) is 22.0. The fraction of sp³-hybridized carbons (Fsp3) is 0.125. The van der Waals surface area contributed by atoms with E-state index in [1.807, 2.05) is 62.4 Å². The van der Waals surface area contributed by atoms with Crippen molar-refractivity contribution in [3.05, 3.63) is 106 Å². The Labute approximate surface area is 176 Å². The molecule has 0 spiro atoms. The molecule has 0 radical (unpaired) electrons. The number of aryl methyl sites for hydroxylation is 2. The first-order valence-electron chi connectivity index (χ1n) is 9.62. The molecule has 4 rings (SSSR count). The molecule has 3 aromatic rings. The Morgan fingerprint density at radius 3 is 2.40 bits per heavy atom. The number of nitrogens with one attached hydrogen (secondary N) is 1. The molecule has 0 amide bonds. The van der Waals surface area contributed by atoms with Gasteiger partial charge in [0.2, 0.25) is 5.78 Å². The van der Waals surface area contributed by atoms with Crippen molar-refractivity contribution in [2.24, 2.45) is 0 Å². The Hall–Kier alpha value is -3.38. The molecule has 0 atom stereocenters. The molecular formula is C24H22N2O3S. The molecule has 152 valence electrons. The van der Waals surface area contributed by atoms with Gasteiger partial charge in [-0.05, 0) is 48.7 Å². The van der Waals surface area contributed by atoms with Crippen LogP contribution in [0, 0.1) is 13.8 Å². The average molecular weight is 419 g/mol. The fourth-order valence-electron chi connectivity index (χ4n) is 3.48. The molecule has 0 unspecified atom stereocenters. The molecule has 6 heteroatoms. The van der Waals surface area contributed by atoms with Crippen molar-refractivity contribution in [3.8, 4) is 0 Å². The summed E-state index contributed by atoms with van der Waals surface area (Å²) in [5, 5.41) is 3.04. The second kappa shape index (κ2) is 7.80. The van der Waals surface area contributed by atoms with Gasteiger partial charge in [-0.15, -0.1) is 0 Å². The van der Waals surface area contributed by atoms with E-state index in [2.05, 4.69) is 5.32 Å². The zero-order valence-electron chi connectivity index (χ0n) is 16.8. The molecule has 0 bridgehead atoms. The standard InChI is InChI=1S/C24H22N2O3S/c1-17-12-13-18(2)21(14-17)25-15-23-24(27)20-10-6-7-11-22(20)26(30(23,28)29)16-19-8-4-3-5-9-19/h3-15,25H,16H2,1-2H3/b23-15+. The van der Waals surface area contributed by atoms with Crippen molar-refractivity contribution >= 4 is 27.2 Å². The number of allylic oxidation sites excluding steroid dienone is 1. The summed E-state index contributed by atoms with van der Waals surface area (Å²) < 4.78 is 28.2. The predicted molar refractivity (Wildman–Crippen MR) is 120 cm³/mol. The third kappa shape index (κ3) is 3.62. The van der Waals surface area contributed by atoms with Gasteiger partial charge in [-0.2, -0.15) is 0 Å². The van der Waals surface area contributed by atoms with Gasteiger partial charge >= 0.3 is 0 Å². The lowest BCUT2D eigenvalue weighted by Crippen LogP contribution is -2.39. The van der Waals surface area contributed by atoms with E-state index in [-0.39, 0.29) is 11.4 Å². The average Bonchev–Trinajstić information content (AvgIpc) is 2.74. The van der Waals surface area contributed by atoms with Gasteiger partial charge in [0.15, 0.2) is 4.91 Å². The highest BCUT2D eigenvalue weighted by atomic mass is 32.2. The van der Waals surface area contributed by atoms with Gasteiger partial charge in [0.1, 0.15) is 0 Å². The minimum absolute atomic E-state index is 0.147. The van der Waals surface area contributed by atoms with Gasteiger partial charge in [-0.3, -0.25) is 9.10 Å². The van der Waals surface area contributed by atoms with Crippen LogP contribution >= 0.6 is 0 Å². The van der Waals surface area contributed by atoms with Crippen molar-refractivity contribution < 1.29 is 13.2 Å². The van der Waals surface area contributed by atoms with Crippen molar-refractivity contribution in [1.29, 1.82) is 0 Å². The smallest absolute Gasteiger partial charge is 0.270 e. The summed E-state index contributed by atoms with van der Waals surface area (Å²) in [5.74, 6) is -0.507. The van der Waals surface area contributed by atoms with Crippen LogP contribution in [0.3, 0.4) is 0 Å². The van der Waals surface area contributed by atoms with Gasteiger partial charge in [0.25, 0.3) is 10.0 Å². The quantitative estimate of drug-likeness (QED) is 0.619. The van der Waals surface area contributed by atoms with E-state index in [9.17, 15) is 13.2 Å². The second-order valence-electron chi connectivity index (χ2n) is 7.31. The van der Waals surface area contributed by atoms with Crippen LogP contribution < -0.4 is 9.62 Å². The van der Waals surface area contributed by atoms with Crippen LogP contribution in [-0.2, 0) is 16.6 Å². The Bertz CT molecular complexity index is 1250. The Kier molecular flexibility index (Phi) is 5.18. The number of anilines is 2. The molecular weight excluding hydrogens is 396 g/mol. The summed E-state index contributed by atoms with van der Waals surface area (Å²) in [7, 11) is -4.04. The minimum atomic E-state index is -4.04. The molecule has 0 aliphatic carbocycles. The third-order valence-corrected chi connectivity index (χ3v) is 6.90. The fourth-order valence-corrected chi connectivity index (χ4v) is 5.00. The van der Waals surface area contributed by atoms with Gasteiger partial charge in [-0.1, -0.05) is 54.6 Å². The van der Waals surface area contributed by atoms with E-state index < -0.39 is 15.8 Å². The maximum Gasteiger partial charge on any atom is 0.270 e. The normalized spacial score (nSPS) is 16.4. The Balaban J connectivity index is 1.80. The van der Waals surface area contributed by atoms with E-state index in [1.165, 1.54) is 10.5 Å². The summed E-state index contributed by atoms with van der Waals surface area (Å²) in [4.78, 5) is 12.8. The largest absolute Gasteiger partial charge is 0.360 e. The Morgan fingerprint density at radius 2 is 1.63 bits per heavy atom. The highest BCUT2D eigenvalue weighted by Gasteiger charge is 2.40. The molecule has 1 N–H and O–H groups in total. The number of para-hydroxylation sites is 1. The molecule has 3 aromatic carbocycles. The SMILES string of the molecule is Cc1ccc(C)c(N/C=C2\C(=O)c3ccccc3N(Cc3ccccc3)S2(=O)=O)c1. The summed E-state index contributed by atoms with van der Waals surface area (Å²) >= 11 is 0. The summed E-state index contributed by atoms with van der Waals surface area (Å²) in [6.07, 6.45) is 1.31. The van der Waals surface area contributed by atoms with E-state index in [1.54, 1.807) is 24.3 Å². The van der Waals surface area contributed by atoms with E-state index in [0.717, 1.165) is 22.4 Å². The molecule has 1 heterocycles. The summed E-state index contributed by atoms with van der Waals surface area (Å²) in [5.41, 5.74) is 4.37. The number of hydrogen-bond donors (Lipinski definition) is 1. The van der Waals surface area contributed by atoms with Crippen LogP contribution in [0.1, 0.15) is 27.0 Å². The lowest BCUT2D eigenvalue weighted by Gasteiger charge is -2.31. The van der Waals surface area contributed by atoms with Crippen LogP contribution in [-0.4, -0.2) is 14.2 Å². The molecule has 0 saturated heterocycles. The van der Waals surface area contributed by atoms with E-state index >= 15 is 0 Å². The topological polar surface area (TPSA) is 66.5 Å². The van der Waals surface area contributed by atoms with Crippen LogP contribution in [0.25, 0.3) is 0 Å². The number of hydrogen-bond acceptors (Lipinski definition) is 4. The van der Waals surface area contributed by atoms with E-state index in [4.69, 9.17) is 0 Å². The number of rotatable bonds is 4. The number of sulfonamides is 1. The van der Waals surface area contributed by atoms with Crippen molar-refractivity contribution in [3.63, 3.8) is 0 Å². The minimum Gasteiger partial charge on any atom is -0.360 e. The number of carbonyl (C=O) groups excluding carboxylic acids is 1. The first-order valence-corrected chi connectivity index (χ1v) is 11.1. The van der Waals surface area contributed by atoms with Gasteiger partial charge < -0.3 is 5.32 Å². The summed E-state index contributed by atoms with van der Waals surface area (Å²) in [6.45, 7) is 4.03. The maximum atomic E-state index is 13.5. The van der Waals surface area contributed by atoms with Crippen molar-refractivity contribution in [2.45, 2.75) is 20.4 Å². The number of carbonyl (C=O) groups is 1. The number of nitrogens with zero attached hydrogens (tertiary/aromatic N) is 1. The predicted octanol–water partition coefficient (Wildman–Crippen LogP) is 4.79. The Morgan fingerprint density at radius 1 is 0.933 bits per heavy atom. The zero-order valence-corrected chi connectivity index (χ0v) is 17.6. The van der Waals surface area contributed by atoms with Gasteiger partial charge in [0.05, 0.1) is 12.2 Å². The van der Waals surface area contributed by atoms with Gasteiger partial charge in [-0.25, -0.2) is 8.42 Å². The van der Waals surface area contributed by atoms with Crippen LogP contribution in [0.4, 0.5) is 11.4 Å². The molecule has 0 fully saturated rings. The molecule has 0 aromatic heterocycles. The van der Waals surface area contributed by atoms with Crippen LogP contribution in [0.2, 0.25) is 0 Å². The number of fused-ring (bicyclic) bond motifs is 1. The first kappa shape index (κ1) is 19.9. The lowest BCUT2D eigenvalue weighted by molar-refractivity contribution is 0.104. The first-order chi connectivity index (χ1) is 14.4. The highest BCUT2D eigenvalue weighted by molar-refractivity contribution is 7.97. The van der Waals surface area contributed by atoms with Crippen molar-refractivity contribution in [1.82, 2.24) is 0 Å². The van der Waals surface area contributed by atoms with Crippen molar-refractivity contribution in [2.75, 3.05) is 9.62 Å². The molecule has 1 aliphatic heterocycles. The van der Waals surface area contributed by atoms with Crippen LogP contribution in [0.5, 0.6) is 0 Å². The second-order valence-corrected chi connectivity index (χ2v) is 9.15. The molecule has 0 saturated carbocycles. The monoisotopic (exact) mass is 418 g/mol. The number of ketones is 1. The molecule has 1 aliphatic rings. The third-order valence-electron chi connectivity index (χ3n) is 5.13. The molecule has 30 heavy (non-hydrogen) atoms. The highest BCUT2D eigenvalue weighted by Crippen LogP contribution is 2.36. The lowest BCUT2D eigenvalue weighted by atomic mass is 10.1. The van der Waals surface area contributed by atoms with E-state index in [0.29, 0.717) is 11.3 Å².